The van der Waals surface area contributed by atoms with Crippen LogP contribution in [0.15, 0.2) is 12.1 Å². The molecule has 0 aromatic heterocycles. The van der Waals surface area contributed by atoms with Crippen molar-refractivity contribution in [1.29, 1.82) is 0 Å². The van der Waals surface area contributed by atoms with Crippen molar-refractivity contribution in [3.05, 3.63) is 34.4 Å². The zero-order chi connectivity index (χ0) is 16.3. The number of urea groups is 1. The van der Waals surface area contributed by atoms with Crippen LogP contribution in [0.5, 0.6) is 0 Å². The Morgan fingerprint density at radius 3 is 2.45 bits per heavy atom. The van der Waals surface area contributed by atoms with Crippen molar-refractivity contribution in [3.8, 4) is 0 Å². The average Bonchev–Trinajstić information content (AvgIpc) is 3.25. The molecule has 0 heterocycles. The Labute approximate surface area is 133 Å². The number of hydrogen-bond acceptors (Lipinski definition) is 2. The van der Waals surface area contributed by atoms with Crippen molar-refractivity contribution in [2.75, 3.05) is 20.1 Å². The minimum absolute atomic E-state index is 0.109. The molecule has 2 rings (SSSR count). The number of benzene rings is 1. The first-order valence-corrected chi connectivity index (χ1v) is 8.12. The van der Waals surface area contributed by atoms with Gasteiger partial charge < -0.3 is 15.3 Å². The molecule has 0 radical (unpaired) electrons. The highest BCUT2D eigenvalue weighted by molar-refractivity contribution is 5.73. The van der Waals surface area contributed by atoms with E-state index in [1.54, 1.807) is 11.9 Å². The van der Waals surface area contributed by atoms with Gasteiger partial charge in [0.1, 0.15) is 0 Å². The molecule has 2 amide bonds. The molecule has 1 aliphatic rings. The lowest BCUT2D eigenvalue weighted by atomic mass is 9.97. The van der Waals surface area contributed by atoms with E-state index in [0.29, 0.717) is 19.0 Å². The maximum absolute atomic E-state index is 12.0. The summed E-state index contributed by atoms with van der Waals surface area (Å²) in [5.74, 6) is 0.396. The van der Waals surface area contributed by atoms with E-state index < -0.39 is 0 Å². The van der Waals surface area contributed by atoms with Crippen LogP contribution in [0, 0.1) is 26.7 Å². The van der Waals surface area contributed by atoms with E-state index >= 15 is 0 Å². The van der Waals surface area contributed by atoms with Crippen LogP contribution in [-0.4, -0.2) is 42.3 Å². The van der Waals surface area contributed by atoms with Gasteiger partial charge in [0.2, 0.25) is 0 Å². The number of rotatable bonds is 6. The van der Waals surface area contributed by atoms with Gasteiger partial charge in [-0.05, 0) is 62.6 Å². The Kier molecular flexibility index (Phi) is 5.46. The molecule has 1 aromatic carbocycles. The van der Waals surface area contributed by atoms with E-state index in [4.69, 9.17) is 0 Å². The molecule has 4 nitrogen and oxygen atoms in total. The monoisotopic (exact) mass is 304 g/mol. The van der Waals surface area contributed by atoms with Gasteiger partial charge in [0.15, 0.2) is 0 Å². The normalized spacial score (nSPS) is 15.5. The van der Waals surface area contributed by atoms with E-state index in [9.17, 15) is 9.90 Å². The minimum Gasteiger partial charge on any atom is -0.391 e. The molecule has 0 saturated heterocycles. The fourth-order valence-corrected chi connectivity index (χ4v) is 3.03. The number of nitrogens with zero attached hydrogens (tertiary/aromatic N) is 1. The molecule has 1 aromatic rings. The number of likely N-dealkylation sites (N-methyl/N-ethyl adjacent to an activating group) is 1. The predicted molar refractivity (Wildman–Crippen MR) is 89.1 cm³/mol. The molecule has 1 saturated carbocycles. The van der Waals surface area contributed by atoms with E-state index in [0.717, 1.165) is 19.3 Å². The standard InChI is InChI=1S/C18H28N2O2/c1-12-9-13(2)16(14(3)10-12)7-8-19-18(22)20(4)11-17(21)15-5-6-15/h9-10,15,17,21H,5-8,11H2,1-4H3,(H,19,22). The van der Waals surface area contributed by atoms with Gasteiger partial charge in [-0.3, -0.25) is 0 Å². The third-order valence-electron chi connectivity index (χ3n) is 4.47. The summed E-state index contributed by atoms with van der Waals surface area (Å²) in [5.41, 5.74) is 5.15. The average molecular weight is 304 g/mol. The van der Waals surface area contributed by atoms with Gasteiger partial charge in [-0.2, -0.15) is 0 Å². The van der Waals surface area contributed by atoms with E-state index in [1.807, 2.05) is 0 Å². The number of hydrogen-bond donors (Lipinski definition) is 2. The van der Waals surface area contributed by atoms with Gasteiger partial charge in [-0.15, -0.1) is 0 Å². The Hall–Kier alpha value is -1.55. The second kappa shape index (κ2) is 7.14. The number of carbonyl (C=O) groups excluding carboxylic acids is 1. The van der Waals surface area contributed by atoms with Crippen LogP contribution in [0.2, 0.25) is 0 Å². The molecule has 122 valence electrons. The topological polar surface area (TPSA) is 52.6 Å². The molecule has 0 spiro atoms. The van der Waals surface area contributed by atoms with Crippen LogP contribution in [0.4, 0.5) is 4.79 Å². The molecule has 1 aliphatic carbocycles. The summed E-state index contributed by atoms with van der Waals surface area (Å²) in [6, 6.07) is 4.26. The largest absolute Gasteiger partial charge is 0.391 e. The smallest absolute Gasteiger partial charge is 0.317 e. The Morgan fingerprint density at radius 2 is 1.91 bits per heavy atom. The van der Waals surface area contributed by atoms with Gasteiger partial charge >= 0.3 is 6.03 Å². The zero-order valence-electron chi connectivity index (χ0n) is 14.1. The third kappa shape index (κ3) is 4.47. The molecule has 1 atom stereocenters. The lowest BCUT2D eigenvalue weighted by Gasteiger charge is -2.21. The summed E-state index contributed by atoms with van der Waals surface area (Å²) in [5, 5.41) is 12.8. The number of aryl methyl sites for hydroxylation is 3. The van der Waals surface area contributed by atoms with E-state index in [2.05, 4.69) is 38.2 Å². The van der Waals surface area contributed by atoms with Gasteiger partial charge in [0, 0.05) is 20.1 Å². The highest BCUT2D eigenvalue weighted by Gasteiger charge is 2.31. The summed E-state index contributed by atoms with van der Waals surface area (Å²) in [6.45, 7) is 7.38. The van der Waals surface area contributed by atoms with Crippen molar-refractivity contribution in [2.24, 2.45) is 5.92 Å². The molecule has 0 bridgehead atoms. The van der Waals surface area contributed by atoms with Crippen molar-refractivity contribution in [3.63, 3.8) is 0 Å². The second-order valence-electron chi connectivity index (χ2n) is 6.64. The highest BCUT2D eigenvalue weighted by Crippen LogP contribution is 2.32. The van der Waals surface area contributed by atoms with E-state index in [1.165, 1.54) is 22.3 Å². The second-order valence-corrected chi connectivity index (χ2v) is 6.64. The summed E-state index contributed by atoms with van der Waals surface area (Å²) in [7, 11) is 1.74. The van der Waals surface area contributed by atoms with Crippen molar-refractivity contribution in [2.45, 2.75) is 46.1 Å². The number of aliphatic hydroxyl groups excluding tert-OH is 1. The van der Waals surface area contributed by atoms with Crippen molar-refractivity contribution >= 4 is 6.03 Å². The maximum atomic E-state index is 12.0. The van der Waals surface area contributed by atoms with Crippen LogP contribution >= 0.6 is 0 Å². The molecular formula is C18H28N2O2. The summed E-state index contributed by atoms with van der Waals surface area (Å²) >= 11 is 0. The van der Waals surface area contributed by atoms with Gasteiger partial charge in [0.05, 0.1) is 6.10 Å². The van der Waals surface area contributed by atoms with E-state index in [-0.39, 0.29) is 12.1 Å². The molecule has 1 unspecified atom stereocenters. The Balaban J connectivity index is 1.79. The summed E-state index contributed by atoms with van der Waals surface area (Å²) in [6.07, 6.45) is 2.63. The summed E-state index contributed by atoms with van der Waals surface area (Å²) < 4.78 is 0. The minimum atomic E-state index is -0.377. The van der Waals surface area contributed by atoms with Crippen molar-refractivity contribution in [1.82, 2.24) is 10.2 Å². The SMILES string of the molecule is Cc1cc(C)c(CCNC(=O)N(C)CC(O)C2CC2)c(C)c1. The van der Waals surface area contributed by atoms with Gasteiger partial charge in [-0.1, -0.05) is 17.7 Å². The quantitative estimate of drug-likeness (QED) is 0.848. The van der Waals surface area contributed by atoms with Gasteiger partial charge in [0.25, 0.3) is 0 Å². The van der Waals surface area contributed by atoms with Crippen LogP contribution in [0.1, 0.15) is 35.1 Å². The fourth-order valence-electron chi connectivity index (χ4n) is 3.03. The molecule has 4 heteroatoms. The third-order valence-corrected chi connectivity index (χ3v) is 4.47. The Morgan fingerprint density at radius 1 is 1.32 bits per heavy atom. The highest BCUT2D eigenvalue weighted by atomic mass is 16.3. The van der Waals surface area contributed by atoms with Crippen LogP contribution in [0.3, 0.4) is 0 Å². The lowest BCUT2D eigenvalue weighted by Crippen LogP contribution is -2.42. The maximum Gasteiger partial charge on any atom is 0.317 e. The lowest BCUT2D eigenvalue weighted by molar-refractivity contribution is 0.113. The molecular weight excluding hydrogens is 276 g/mol. The first-order valence-electron chi connectivity index (χ1n) is 8.12. The summed E-state index contributed by atoms with van der Waals surface area (Å²) in [4.78, 5) is 13.6. The first-order chi connectivity index (χ1) is 10.4. The number of carbonyl (C=O) groups is 1. The van der Waals surface area contributed by atoms with Crippen LogP contribution in [-0.2, 0) is 6.42 Å². The molecule has 22 heavy (non-hydrogen) atoms. The number of nitrogens with one attached hydrogen (secondary N) is 1. The number of amides is 2. The first kappa shape index (κ1) is 16.8. The molecule has 0 aliphatic heterocycles. The molecule has 2 N–H and O–H groups in total. The van der Waals surface area contributed by atoms with Gasteiger partial charge in [-0.25, -0.2) is 4.79 Å². The zero-order valence-corrected chi connectivity index (χ0v) is 14.1. The van der Waals surface area contributed by atoms with Crippen LogP contribution < -0.4 is 5.32 Å². The Bertz CT molecular complexity index is 515. The van der Waals surface area contributed by atoms with Crippen LogP contribution in [0.25, 0.3) is 0 Å². The number of aliphatic hydroxyl groups is 1. The molecule has 1 fully saturated rings. The fraction of sp³-hybridized carbons (Fsp3) is 0.611. The van der Waals surface area contributed by atoms with Crippen molar-refractivity contribution < 1.29 is 9.90 Å². The predicted octanol–water partition coefficient (Wildman–Crippen LogP) is 2.57.